The van der Waals surface area contributed by atoms with Crippen molar-refractivity contribution in [2.45, 2.75) is 0 Å². The van der Waals surface area contributed by atoms with Gasteiger partial charge in [0, 0.05) is 24.2 Å². The predicted octanol–water partition coefficient (Wildman–Crippen LogP) is 3.50. The van der Waals surface area contributed by atoms with E-state index >= 15 is 0 Å². The molecule has 27 heavy (non-hydrogen) atoms. The molecule has 0 bridgehead atoms. The lowest BCUT2D eigenvalue weighted by molar-refractivity contribution is 0.262. The number of carbonyl (C=O) groups excluding carboxylic acids is 1. The highest BCUT2D eigenvalue weighted by Crippen LogP contribution is 2.30. The fourth-order valence-corrected chi connectivity index (χ4v) is 2.71. The van der Waals surface area contributed by atoms with Gasteiger partial charge in [0.05, 0.1) is 19.9 Å². The van der Waals surface area contributed by atoms with E-state index < -0.39 is 11.7 Å². The quantitative estimate of drug-likeness (QED) is 0.595. The molecule has 0 fully saturated rings. The Bertz CT molecular complexity index is 1050. The topological polar surface area (TPSA) is 102 Å². The molecule has 0 spiro atoms. The van der Waals surface area contributed by atoms with E-state index in [-0.39, 0.29) is 5.69 Å². The van der Waals surface area contributed by atoms with Crippen molar-refractivity contribution in [1.29, 1.82) is 0 Å². The number of fused-ring (bicyclic) bond motifs is 1. The second-order valence-electron chi connectivity index (χ2n) is 5.53. The summed E-state index contributed by atoms with van der Waals surface area (Å²) < 4.78 is 15.7. The van der Waals surface area contributed by atoms with Crippen LogP contribution in [0, 0.1) is 0 Å². The van der Waals surface area contributed by atoms with Crippen molar-refractivity contribution in [2.75, 3.05) is 37.2 Å². The average Bonchev–Trinajstić information content (AvgIpc) is 2.68. The molecule has 0 aliphatic rings. The summed E-state index contributed by atoms with van der Waals surface area (Å²) in [5, 5.41) is 8.82. The first-order chi connectivity index (χ1) is 13.1. The number of para-hydroxylation sites is 1. The van der Waals surface area contributed by atoms with Crippen molar-refractivity contribution in [1.82, 2.24) is 0 Å². The second-order valence-corrected chi connectivity index (χ2v) is 5.53. The maximum absolute atomic E-state index is 12.4. The predicted molar refractivity (Wildman–Crippen MR) is 104 cm³/mol. The van der Waals surface area contributed by atoms with E-state index in [0.717, 1.165) is 0 Å². The molecule has 8 heteroatoms. The highest BCUT2D eigenvalue weighted by molar-refractivity contribution is 6.05. The van der Waals surface area contributed by atoms with Crippen LogP contribution in [0.3, 0.4) is 0 Å². The van der Waals surface area contributed by atoms with Gasteiger partial charge >= 0.3 is 11.7 Å². The standard InChI is InChI=1S/C19H19N3O5/c1-20-16-12-6-4-5-7-13(12)27-18(23)17(16)22-19(24)21-11-8-9-14(25-2)15(10-11)26-3/h4-10,20H,1-3H3,(H2,21,22,24). The highest BCUT2D eigenvalue weighted by atomic mass is 16.5. The number of nitrogens with one attached hydrogen (secondary N) is 3. The summed E-state index contributed by atoms with van der Waals surface area (Å²) in [5.74, 6) is 1.01. The van der Waals surface area contributed by atoms with Gasteiger partial charge in [-0.15, -0.1) is 0 Å². The molecule has 0 saturated heterocycles. The first-order valence-electron chi connectivity index (χ1n) is 8.11. The monoisotopic (exact) mass is 369 g/mol. The zero-order chi connectivity index (χ0) is 19.4. The van der Waals surface area contributed by atoms with Gasteiger partial charge in [-0.25, -0.2) is 9.59 Å². The molecule has 2 aromatic carbocycles. The van der Waals surface area contributed by atoms with Gasteiger partial charge in [-0.2, -0.15) is 0 Å². The van der Waals surface area contributed by atoms with Crippen LogP contribution in [-0.2, 0) is 0 Å². The lowest BCUT2D eigenvalue weighted by atomic mass is 10.2. The van der Waals surface area contributed by atoms with Crippen LogP contribution in [0.15, 0.2) is 51.7 Å². The van der Waals surface area contributed by atoms with Crippen LogP contribution in [0.25, 0.3) is 11.0 Å². The van der Waals surface area contributed by atoms with E-state index in [0.29, 0.717) is 33.8 Å². The van der Waals surface area contributed by atoms with Gasteiger partial charge in [0.25, 0.3) is 0 Å². The molecule has 0 saturated carbocycles. The summed E-state index contributed by atoms with van der Waals surface area (Å²) >= 11 is 0. The fraction of sp³-hybridized carbons (Fsp3) is 0.158. The van der Waals surface area contributed by atoms with E-state index in [2.05, 4.69) is 16.0 Å². The smallest absolute Gasteiger partial charge is 0.362 e. The maximum atomic E-state index is 12.4. The fourth-order valence-electron chi connectivity index (χ4n) is 2.71. The Labute approximate surface area is 155 Å². The Balaban J connectivity index is 1.88. The van der Waals surface area contributed by atoms with Gasteiger partial charge < -0.3 is 24.5 Å². The summed E-state index contributed by atoms with van der Waals surface area (Å²) in [6.45, 7) is 0. The summed E-state index contributed by atoms with van der Waals surface area (Å²) in [5.41, 5.74) is 0.748. The van der Waals surface area contributed by atoms with E-state index in [1.165, 1.54) is 14.2 Å². The number of anilines is 3. The summed E-state index contributed by atoms with van der Waals surface area (Å²) in [7, 11) is 4.69. The normalized spacial score (nSPS) is 10.3. The SMILES string of the molecule is CNc1c(NC(=O)Nc2ccc(OC)c(OC)c2)c(=O)oc2ccccc12. The van der Waals surface area contributed by atoms with Crippen molar-refractivity contribution in [2.24, 2.45) is 0 Å². The summed E-state index contributed by atoms with van der Waals surface area (Å²) in [4.78, 5) is 24.7. The zero-order valence-corrected chi connectivity index (χ0v) is 15.1. The van der Waals surface area contributed by atoms with Crippen LogP contribution in [0.5, 0.6) is 11.5 Å². The van der Waals surface area contributed by atoms with Gasteiger partial charge in [0.1, 0.15) is 5.58 Å². The van der Waals surface area contributed by atoms with Crippen LogP contribution < -0.4 is 31.0 Å². The Morgan fingerprint density at radius 1 is 0.963 bits per heavy atom. The molecule has 8 nitrogen and oxygen atoms in total. The number of amides is 2. The van der Waals surface area contributed by atoms with Gasteiger partial charge in [0.15, 0.2) is 17.2 Å². The molecule has 0 atom stereocenters. The van der Waals surface area contributed by atoms with E-state index in [4.69, 9.17) is 13.9 Å². The second kappa shape index (κ2) is 7.69. The molecule has 0 aliphatic heterocycles. The van der Waals surface area contributed by atoms with Crippen LogP contribution >= 0.6 is 0 Å². The lowest BCUT2D eigenvalue weighted by Gasteiger charge is -2.13. The molecule has 0 radical (unpaired) electrons. The number of hydrogen-bond acceptors (Lipinski definition) is 6. The summed E-state index contributed by atoms with van der Waals surface area (Å²) in [6, 6.07) is 11.4. The average molecular weight is 369 g/mol. The Morgan fingerprint density at radius 3 is 2.41 bits per heavy atom. The third-order valence-electron chi connectivity index (χ3n) is 3.94. The largest absolute Gasteiger partial charge is 0.493 e. The minimum Gasteiger partial charge on any atom is -0.493 e. The lowest BCUT2D eigenvalue weighted by Crippen LogP contribution is -2.24. The van der Waals surface area contributed by atoms with Crippen molar-refractivity contribution in [3.05, 3.63) is 52.9 Å². The van der Waals surface area contributed by atoms with Crippen LogP contribution in [-0.4, -0.2) is 27.3 Å². The maximum Gasteiger partial charge on any atom is 0.362 e. The molecule has 2 amide bonds. The van der Waals surface area contributed by atoms with Crippen molar-refractivity contribution in [3.63, 3.8) is 0 Å². The molecule has 1 aromatic heterocycles. The molecule has 0 aliphatic carbocycles. The van der Waals surface area contributed by atoms with E-state index in [9.17, 15) is 9.59 Å². The molecular formula is C19H19N3O5. The Morgan fingerprint density at radius 2 is 1.70 bits per heavy atom. The highest BCUT2D eigenvalue weighted by Gasteiger charge is 2.16. The van der Waals surface area contributed by atoms with Gasteiger partial charge in [-0.05, 0) is 24.3 Å². The molecule has 3 N–H and O–H groups in total. The van der Waals surface area contributed by atoms with Crippen molar-refractivity contribution in [3.8, 4) is 11.5 Å². The van der Waals surface area contributed by atoms with E-state index in [1.807, 2.05) is 6.07 Å². The van der Waals surface area contributed by atoms with Gasteiger partial charge in [0.2, 0.25) is 0 Å². The molecule has 1 heterocycles. The Hall–Kier alpha value is -3.68. The Kier molecular flexibility index (Phi) is 5.16. The van der Waals surface area contributed by atoms with Gasteiger partial charge in [-0.3, -0.25) is 5.32 Å². The van der Waals surface area contributed by atoms with Crippen molar-refractivity contribution < 1.29 is 18.7 Å². The third kappa shape index (κ3) is 3.64. The first kappa shape index (κ1) is 18.1. The number of ether oxygens (including phenoxy) is 2. The summed E-state index contributed by atoms with van der Waals surface area (Å²) in [6.07, 6.45) is 0. The first-order valence-corrected chi connectivity index (χ1v) is 8.11. The third-order valence-corrected chi connectivity index (χ3v) is 3.94. The van der Waals surface area contributed by atoms with Crippen LogP contribution in [0.2, 0.25) is 0 Å². The number of hydrogen-bond donors (Lipinski definition) is 3. The molecule has 3 rings (SSSR count). The van der Waals surface area contributed by atoms with Crippen molar-refractivity contribution >= 4 is 34.1 Å². The van der Waals surface area contributed by atoms with Crippen LogP contribution in [0.4, 0.5) is 21.9 Å². The number of carbonyl (C=O) groups is 1. The number of rotatable bonds is 5. The number of benzene rings is 2. The molecule has 140 valence electrons. The molecule has 3 aromatic rings. The minimum absolute atomic E-state index is 0.0224. The van der Waals surface area contributed by atoms with Gasteiger partial charge in [-0.1, -0.05) is 12.1 Å². The zero-order valence-electron chi connectivity index (χ0n) is 15.1. The minimum atomic E-state index is -0.652. The number of urea groups is 1. The molecule has 0 unspecified atom stereocenters. The van der Waals surface area contributed by atoms with Crippen LogP contribution in [0.1, 0.15) is 0 Å². The number of methoxy groups -OCH3 is 2. The molecular weight excluding hydrogens is 350 g/mol. The van der Waals surface area contributed by atoms with E-state index in [1.54, 1.807) is 43.4 Å².